The number of ether oxygens (including phenoxy) is 3. The minimum absolute atomic E-state index is 0.00412. The van der Waals surface area contributed by atoms with E-state index in [1.165, 1.54) is 0 Å². The van der Waals surface area contributed by atoms with Crippen molar-refractivity contribution in [3.8, 4) is 22.6 Å². The van der Waals surface area contributed by atoms with E-state index in [9.17, 15) is 4.79 Å². The van der Waals surface area contributed by atoms with Crippen LogP contribution in [0.2, 0.25) is 0 Å². The van der Waals surface area contributed by atoms with Gasteiger partial charge in [-0.2, -0.15) is 0 Å². The van der Waals surface area contributed by atoms with Gasteiger partial charge in [0, 0.05) is 30.8 Å². The van der Waals surface area contributed by atoms with Gasteiger partial charge in [0.15, 0.2) is 5.78 Å². The van der Waals surface area contributed by atoms with Crippen LogP contribution in [-0.2, 0) is 4.74 Å². The Bertz CT molecular complexity index is 1310. The molecule has 1 aliphatic rings. The molecule has 1 heterocycles. The van der Waals surface area contributed by atoms with Gasteiger partial charge in [0.05, 0.1) is 19.8 Å². The lowest BCUT2D eigenvalue weighted by Gasteiger charge is -2.26. The maximum absolute atomic E-state index is 13.9. The first-order chi connectivity index (χ1) is 17.7. The second-order valence-corrected chi connectivity index (χ2v) is 8.82. The lowest BCUT2D eigenvalue weighted by atomic mass is 9.89. The molecule has 184 valence electrons. The van der Waals surface area contributed by atoms with E-state index >= 15 is 0 Å². The standard InChI is InChI=1S/C31H31NO4/c1-2-35-26-12-7-24(8-13-26)29-16-11-23-5-3-4-6-28(23)30(29)31(33)25-9-14-27(15-10-25)36-22-19-32-17-20-34-21-18-32/h3-16H,2,17-22H2,1H3. The van der Waals surface area contributed by atoms with Crippen molar-refractivity contribution >= 4 is 16.6 Å². The van der Waals surface area contributed by atoms with Crippen molar-refractivity contribution < 1.29 is 19.0 Å². The smallest absolute Gasteiger partial charge is 0.194 e. The highest BCUT2D eigenvalue weighted by atomic mass is 16.5. The Morgan fingerprint density at radius 2 is 1.53 bits per heavy atom. The molecule has 0 radical (unpaired) electrons. The van der Waals surface area contributed by atoms with E-state index < -0.39 is 0 Å². The molecule has 4 aromatic carbocycles. The van der Waals surface area contributed by atoms with Gasteiger partial charge in [-0.3, -0.25) is 9.69 Å². The van der Waals surface area contributed by atoms with Gasteiger partial charge in [-0.25, -0.2) is 0 Å². The van der Waals surface area contributed by atoms with E-state index in [-0.39, 0.29) is 5.78 Å². The Kier molecular flexibility index (Phi) is 7.60. The zero-order chi connectivity index (χ0) is 24.7. The number of ketones is 1. The third kappa shape index (κ3) is 5.43. The van der Waals surface area contributed by atoms with E-state index in [2.05, 4.69) is 11.0 Å². The Hall–Kier alpha value is -3.67. The molecule has 1 fully saturated rings. The monoisotopic (exact) mass is 481 g/mol. The SMILES string of the molecule is CCOc1ccc(-c2ccc3ccccc3c2C(=O)c2ccc(OCCN3CCOCC3)cc2)cc1. The van der Waals surface area contributed by atoms with Crippen molar-refractivity contribution in [2.45, 2.75) is 6.92 Å². The molecule has 4 aromatic rings. The van der Waals surface area contributed by atoms with Crippen LogP contribution in [-0.4, -0.2) is 56.7 Å². The summed E-state index contributed by atoms with van der Waals surface area (Å²) in [7, 11) is 0. The molecule has 5 rings (SSSR count). The first-order valence-corrected chi connectivity index (χ1v) is 12.6. The number of rotatable bonds is 9. The number of carbonyl (C=O) groups is 1. The van der Waals surface area contributed by atoms with Gasteiger partial charge in [0.1, 0.15) is 18.1 Å². The minimum Gasteiger partial charge on any atom is -0.494 e. The van der Waals surface area contributed by atoms with Crippen LogP contribution in [0.15, 0.2) is 84.9 Å². The molecule has 0 N–H and O–H groups in total. The quantitative estimate of drug-likeness (QED) is 0.281. The average Bonchev–Trinajstić information content (AvgIpc) is 2.94. The van der Waals surface area contributed by atoms with Gasteiger partial charge in [0.25, 0.3) is 0 Å². The second-order valence-electron chi connectivity index (χ2n) is 8.82. The lowest BCUT2D eigenvalue weighted by molar-refractivity contribution is 0.0322. The average molecular weight is 482 g/mol. The lowest BCUT2D eigenvalue weighted by Crippen LogP contribution is -2.38. The summed E-state index contributed by atoms with van der Waals surface area (Å²) in [4.78, 5) is 16.2. The van der Waals surface area contributed by atoms with Crippen LogP contribution in [0.5, 0.6) is 11.5 Å². The third-order valence-corrected chi connectivity index (χ3v) is 6.53. The van der Waals surface area contributed by atoms with Crippen molar-refractivity contribution in [3.63, 3.8) is 0 Å². The highest BCUT2D eigenvalue weighted by molar-refractivity contribution is 6.20. The van der Waals surface area contributed by atoms with Gasteiger partial charge in [-0.15, -0.1) is 0 Å². The first kappa shape index (κ1) is 24.0. The topological polar surface area (TPSA) is 48.0 Å². The first-order valence-electron chi connectivity index (χ1n) is 12.6. The number of benzene rings is 4. The predicted octanol–water partition coefficient (Wildman–Crippen LogP) is 5.85. The highest BCUT2D eigenvalue weighted by Gasteiger charge is 2.19. The molecule has 0 unspecified atom stereocenters. The molecule has 1 aliphatic heterocycles. The van der Waals surface area contributed by atoms with Crippen molar-refractivity contribution in [1.82, 2.24) is 4.90 Å². The van der Waals surface area contributed by atoms with Crippen LogP contribution in [0.3, 0.4) is 0 Å². The fourth-order valence-electron chi connectivity index (χ4n) is 4.62. The Morgan fingerprint density at radius 1 is 0.833 bits per heavy atom. The fraction of sp³-hybridized carbons (Fsp3) is 0.258. The van der Waals surface area contributed by atoms with E-state index in [4.69, 9.17) is 14.2 Å². The molecule has 0 bridgehead atoms. The Balaban J connectivity index is 1.39. The summed E-state index contributed by atoms with van der Waals surface area (Å²) in [5, 5.41) is 1.98. The molecule has 0 amide bonds. The van der Waals surface area contributed by atoms with Gasteiger partial charge < -0.3 is 14.2 Å². The summed E-state index contributed by atoms with van der Waals surface area (Å²) in [6.07, 6.45) is 0. The molecule has 1 saturated heterocycles. The number of fused-ring (bicyclic) bond motifs is 1. The van der Waals surface area contributed by atoms with Crippen molar-refractivity contribution in [2.75, 3.05) is 46.1 Å². The Morgan fingerprint density at radius 3 is 2.28 bits per heavy atom. The Labute approximate surface area is 212 Å². The number of morpholine rings is 1. The number of nitrogens with zero attached hydrogens (tertiary/aromatic N) is 1. The maximum atomic E-state index is 13.9. The van der Waals surface area contributed by atoms with Crippen LogP contribution in [0.25, 0.3) is 21.9 Å². The summed E-state index contributed by atoms with van der Waals surface area (Å²) in [6.45, 7) is 7.51. The summed E-state index contributed by atoms with van der Waals surface area (Å²) < 4.78 is 16.9. The van der Waals surface area contributed by atoms with Crippen molar-refractivity contribution in [2.24, 2.45) is 0 Å². The molecule has 36 heavy (non-hydrogen) atoms. The summed E-state index contributed by atoms with van der Waals surface area (Å²) in [5.41, 5.74) is 3.24. The molecule has 0 spiro atoms. The van der Waals surface area contributed by atoms with E-state index in [1.807, 2.05) is 85.8 Å². The third-order valence-electron chi connectivity index (χ3n) is 6.53. The van der Waals surface area contributed by atoms with Crippen LogP contribution in [0, 0.1) is 0 Å². The summed E-state index contributed by atoms with van der Waals surface area (Å²) in [6, 6.07) is 27.5. The van der Waals surface area contributed by atoms with Crippen LogP contribution in [0.1, 0.15) is 22.8 Å². The van der Waals surface area contributed by atoms with Crippen LogP contribution in [0.4, 0.5) is 0 Å². The minimum atomic E-state index is -0.00412. The second kappa shape index (κ2) is 11.4. The highest BCUT2D eigenvalue weighted by Crippen LogP contribution is 2.33. The van der Waals surface area contributed by atoms with E-state index in [0.29, 0.717) is 24.3 Å². The summed E-state index contributed by atoms with van der Waals surface area (Å²) >= 11 is 0. The number of carbonyl (C=O) groups excluding carboxylic acids is 1. The van der Waals surface area contributed by atoms with E-state index in [1.54, 1.807) is 0 Å². The number of hydrogen-bond donors (Lipinski definition) is 0. The zero-order valence-electron chi connectivity index (χ0n) is 20.6. The van der Waals surface area contributed by atoms with Gasteiger partial charge in [0.2, 0.25) is 0 Å². The van der Waals surface area contributed by atoms with Crippen LogP contribution < -0.4 is 9.47 Å². The fourth-order valence-corrected chi connectivity index (χ4v) is 4.62. The normalized spacial score (nSPS) is 14.0. The predicted molar refractivity (Wildman–Crippen MR) is 143 cm³/mol. The van der Waals surface area contributed by atoms with Gasteiger partial charge in [-0.1, -0.05) is 48.5 Å². The molecule has 0 aliphatic carbocycles. The molecule has 5 nitrogen and oxygen atoms in total. The molecule has 0 atom stereocenters. The maximum Gasteiger partial charge on any atom is 0.194 e. The van der Waals surface area contributed by atoms with Gasteiger partial charge >= 0.3 is 0 Å². The van der Waals surface area contributed by atoms with Crippen molar-refractivity contribution in [3.05, 3.63) is 96.1 Å². The van der Waals surface area contributed by atoms with Gasteiger partial charge in [-0.05, 0) is 65.2 Å². The molecule has 5 heteroatoms. The molecular weight excluding hydrogens is 450 g/mol. The zero-order valence-corrected chi connectivity index (χ0v) is 20.6. The molecule has 0 saturated carbocycles. The van der Waals surface area contributed by atoms with E-state index in [0.717, 1.165) is 66.2 Å². The molecule has 0 aromatic heterocycles. The van der Waals surface area contributed by atoms with Crippen LogP contribution >= 0.6 is 0 Å². The largest absolute Gasteiger partial charge is 0.494 e. The number of hydrogen-bond acceptors (Lipinski definition) is 5. The summed E-state index contributed by atoms with van der Waals surface area (Å²) in [5.74, 6) is 1.58. The van der Waals surface area contributed by atoms with Crippen molar-refractivity contribution in [1.29, 1.82) is 0 Å². The molecular formula is C31H31NO4.